The molecule has 0 radical (unpaired) electrons. The number of nitrogens with zero attached hydrogens (tertiary/aromatic N) is 2. The summed E-state index contributed by atoms with van der Waals surface area (Å²) in [6, 6.07) is 1.28. The zero-order valence-corrected chi connectivity index (χ0v) is 11.3. The van der Waals surface area contributed by atoms with Gasteiger partial charge in [-0.25, -0.2) is 0 Å². The molecule has 110 valence electrons. The van der Waals surface area contributed by atoms with Crippen LogP contribution in [-0.4, -0.2) is 57.8 Å². The molecule has 0 aliphatic carbocycles. The van der Waals surface area contributed by atoms with Crippen molar-refractivity contribution in [3.05, 3.63) is 17.5 Å². The van der Waals surface area contributed by atoms with Gasteiger partial charge in [0.15, 0.2) is 0 Å². The zero-order chi connectivity index (χ0) is 14.7. The predicted molar refractivity (Wildman–Crippen MR) is 70.7 cm³/mol. The summed E-state index contributed by atoms with van der Waals surface area (Å²) in [5.41, 5.74) is 6.69. The third-order valence-electron chi connectivity index (χ3n) is 3.32. The number of nitrogens with two attached hydrogens (primary N) is 1. The van der Waals surface area contributed by atoms with E-state index < -0.39 is 12.5 Å². The Hall–Kier alpha value is -1.93. The van der Waals surface area contributed by atoms with Crippen LogP contribution in [0.2, 0.25) is 0 Å². The van der Waals surface area contributed by atoms with Gasteiger partial charge in [0.2, 0.25) is 5.91 Å². The molecule has 1 aromatic heterocycles. The van der Waals surface area contributed by atoms with E-state index in [9.17, 15) is 9.59 Å². The first-order valence-corrected chi connectivity index (χ1v) is 6.51. The number of carbonyl (C=O) groups excluding carboxylic acids is 2. The molecule has 1 saturated heterocycles. The molecule has 0 aromatic carbocycles. The predicted octanol–water partition coefficient (Wildman–Crippen LogP) is -1.25. The first kappa shape index (κ1) is 14.5. The van der Waals surface area contributed by atoms with E-state index in [-0.39, 0.29) is 18.0 Å². The summed E-state index contributed by atoms with van der Waals surface area (Å²) in [7, 11) is 0. The SMILES string of the molecule is CC(NC(=O)CO)c1cc(C(=O)N2CCC(N)C2)n[nH]1. The Kier molecular flexibility index (Phi) is 4.35. The first-order chi connectivity index (χ1) is 9.51. The molecule has 2 rings (SSSR count). The van der Waals surface area contributed by atoms with Gasteiger partial charge >= 0.3 is 0 Å². The van der Waals surface area contributed by atoms with Gasteiger partial charge in [0.1, 0.15) is 12.3 Å². The van der Waals surface area contributed by atoms with Crippen molar-refractivity contribution >= 4 is 11.8 Å². The van der Waals surface area contributed by atoms with Gasteiger partial charge in [-0.3, -0.25) is 14.7 Å². The Bertz CT molecular complexity index is 501. The number of aromatic nitrogens is 2. The average molecular weight is 281 g/mol. The highest BCUT2D eigenvalue weighted by molar-refractivity contribution is 5.92. The van der Waals surface area contributed by atoms with Crippen molar-refractivity contribution < 1.29 is 14.7 Å². The van der Waals surface area contributed by atoms with Crippen molar-refractivity contribution in [2.75, 3.05) is 19.7 Å². The zero-order valence-electron chi connectivity index (χ0n) is 11.3. The molecule has 1 fully saturated rings. The largest absolute Gasteiger partial charge is 0.387 e. The van der Waals surface area contributed by atoms with Crippen LogP contribution in [0.25, 0.3) is 0 Å². The minimum Gasteiger partial charge on any atom is -0.387 e. The monoisotopic (exact) mass is 281 g/mol. The molecule has 2 atom stereocenters. The summed E-state index contributed by atoms with van der Waals surface area (Å²) in [5, 5.41) is 17.9. The van der Waals surface area contributed by atoms with E-state index in [2.05, 4.69) is 15.5 Å². The van der Waals surface area contributed by atoms with Gasteiger partial charge < -0.3 is 21.1 Å². The van der Waals surface area contributed by atoms with Crippen molar-refractivity contribution in [1.29, 1.82) is 0 Å². The number of nitrogens with one attached hydrogen (secondary N) is 2. The second-order valence-electron chi connectivity index (χ2n) is 4.96. The Balaban J connectivity index is 2.01. The van der Waals surface area contributed by atoms with Crippen LogP contribution in [0.4, 0.5) is 0 Å². The van der Waals surface area contributed by atoms with E-state index in [1.165, 1.54) is 0 Å². The molecule has 8 nitrogen and oxygen atoms in total. The first-order valence-electron chi connectivity index (χ1n) is 6.51. The summed E-state index contributed by atoms with van der Waals surface area (Å²) in [5.74, 6) is -0.647. The molecular formula is C12H19N5O3. The highest BCUT2D eigenvalue weighted by Crippen LogP contribution is 2.15. The lowest BCUT2D eigenvalue weighted by atomic mass is 10.2. The summed E-state index contributed by atoms with van der Waals surface area (Å²) >= 11 is 0. The lowest BCUT2D eigenvalue weighted by Gasteiger charge is -2.13. The smallest absolute Gasteiger partial charge is 0.274 e. The van der Waals surface area contributed by atoms with E-state index in [1.807, 2.05) is 0 Å². The molecular weight excluding hydrogens is 262 g/mol. The Morgan fingerprint density at radius 1 is 1.70 bits per heavy atom. The maximum Gasteiger partial charge on any atom is 0.274 e. The number of carbonyl (C=O) groups is 2. The minimum atomic E-state index is -0.573. The van der Waals surface area contributed by atoms with E-state index >= 15 is 0 Å². The summed E-state index contributed by atoms with van der Waals surface area (Å²) in [6.45, 7) is 2.34. The minimum absolute atomic E-state index is 0.0279. The molecule has 0 bridgehead atoms. The van der Waals surface area contributed by atoms with Crippen LogP contribution in [-0.2, 0) is 4.79 Å². The highest BCUT2D eigenvalue weighted by Gasteiger charge is 2.26. The molecule has 0 saturated carbocycles. The van der Waals surface area contributed by atoms with E-state index in [4.69, 9.17) is 10.8 Å². The van der Waals surface area contributed by atoms with Crippen molar-refractivity contribution in [1.82, 2.24) is 20.4 Å². The molecule has 0 spiro atoms. The molecule has 8 heteroatoms. The average Bonchev–Trinajstić information content (AvgIpc) is 3.06. The van der Waals surface area contributed by atoms with Crippen LogP contribution in [0.3, 0.4) is 0 Å². The molecule has 20 heavy (non-hydrogen) atoms. The Labute approximate surface area is 116 Å². The van der Waals surface area contributed by atoms with Crippen LogP contribution in [0.1, 0.15) is 35.6 Å². The van der Waals surface area contributed by atoms with Gasteiger partial charge in [0.05, 0.1) is 11.7 Å². The number of aromatic amines is 1. The van der Waals surface area contributed by atoms with Gasteiger partial charge in [-0.15, -0.1) is 0 Å². The highest BCUT2D eigenvalue weighted by atomic mass is 16.3. The molecule has 2 heterocycles. The van der Waals surface area contributed by atoms with Gasteiger partial charge in [0, 0.05) is 19.1 Å². The summed E-state index contributed by atoms with van der Waals surface area (Å²) in [6.07, 6.45) is 0.798. The molecule has 5 N–H and O–H groups in total. The molecule has 1 aliphatic rings. The maximum absolute atomic E-state index is 12.2. The number of likely N-dealkylation sites (tertiary alicyclic amines) is 1. The quantitative estimate of drug-likeness (QED) is 0.549. The lowest BCUT2D eigenvalue weighted by molar-refractivity contribution is -0.124. The van der Waals surface area contributed by atoms with E-state index in [0.717, 1.165) is 6.42 Å². The van der Waals surface area contributed by atoms with Crippen molar-refractivity contribution in [3.8, 4) is 0 Å². The number of aliphatic hydroxyl groups is 1. The van der Waals surface area contributed by atoms with Crippen molar-refractivity contribution in [2.45, 2.75) is 25.4 Å². The Morgan fingerprint density at radius 2 is 2.45 bits per heavy atom. The number of rotatable bonds is 4. The van der Waals surface area contributed by atoms with Crippen LogP contribution in [0.15, 0.2) is 6.07 Å². The molecule has 2 amide bonds. The van der Waals surface area contributed by atoms with Crippen LogP contribution >= 0.6 is 0 Å². The number of hydrogen-bond acceptors (Lipinski definition) is 5. The van der Waals surface area contributed by atoms with Gasteiger partial charge in [-0.2, -0.15) is 5.10 Å². The molecule has 1 aliphatic heterocycles. The molecule has 1 aromatic rings. The topological polar surface area (TPSA) is 124 Å². The third kappa shape index (κ3) is 3.14. The number of hydrogen-bond donors (Lipinski definition) is 4. The van der Waals surface area contributed by atoms with E-state index in [1.54, 1.807) is 17.9 Å². The van der Waals surface area contributed by atoms with Crippen LogP contribution in [0, 0.1) is 0 Å². The van der Waals surface area contributed by atoms with E-state index in [0.29, 0.717) is 24.5 Å². The third-order valence-corrected chi connectivity index (χ3v) is 3.32. The standard InChI is InChI=1S/C12H19N5O3/c1-7(14-11(19)6-18)9-4-10(16-15-9)12(20)17-3-2-8(13)5-17/h4,7-8,18H,2-3,5-6,13H2,1H3,(H,14,19)(H,15,16). The van der Waals surface area contributed by atoms with Crippen molar-refractivity contribution in [3.63, 3.8) is 0 Å². The summed E-state index contributed by atoms with van der Waals surface area (Å²) in [4.78, 5) is 24.9. The van der Waals surface area contributed by atoms with Gasteiger partial charge in [-0.1, -0.05) is 0 Å². The maximum atomic E-state index is 12.2. The lowest BCUT2D eigenvalue weighted by Crippen LogP contribution is -2.32. The fraction of sp³-hybridized carbons (Fsp3) is 0.583. The summed E-state index contributed by atoms with van der Waals surface area (Å²) < 4.78 is 0. The van der Waals surface area contributed by atoms with Gasteiger partial charge in [0.25, 0.3) is 5.91 Å². The normalized spacial score (nSPS) is 19.9. The number of amides is 2. The number of aliphatic hydroxyl groups excluding tert-OH is 1. The van der Waals surface area contributed by atoms with Crippen LogP contribution in [0.5, 0.6) is 0 Å². The van der Waals surface area contributed by atoms with Crippen LogP contribution < -0.4 is 11.1 Å². The fourth-order valence-electron chi connectivity index (χ4n) is 2.17. The van der Waals surface area contributed by atoms with Crippen molar-refractivity contribution in [2.24, 2.45) is 5.73 Å². The van der Waals surface area contributed by atoms with Gasteiger partial charge in [-0.05, 0) is 19.4 Å². The second-order valence-corrected chi connectivity index (χ2v) is 4.96. The molecule has 2 unspecified atom stereocenters. The second kappa shape index (κ2) is 6.02. The number of H-pyrrole nitrogens is 1. The Morgan fingerprint density at radius 3 is 3.05 bits per heavy atom. The fourth-order valence-corrected chi connectivity index (χ4v) is 2.17.